The molecule has 0 amide bonds. The van der Waals surface area contributed by atoms with Crippen molar-refractivity contribution in [3.63, 3.8) is 0 Å². The molecule has 6 aromatic carbocycles. The third-order valence-electron chi connectivity index (χ3n) is 8.64. The Morgan fingerprint density at radius 3 is 1.05 bits per heavy atom. The highest BCUT2D eigenvalue weighted by molar-refractivity contribution is 6.10. The summed E-state index contributed by atoms with van der Waals surface area (Å²) in [5.74, 6) is 0. The first-order chi connectivity index (χ1) is 21.9. The fourth-order valence-electron chi connectivity index (χ4n) is 6.76. The lowest BCUT2D eigenvalue weighted by molar-refractivity contribution is 1.14. The van der Waals surface area contributed by atoms with Crippen molar-refractivity contribution in [3.05, 3.63) is 158 Å². The van der Waals surface area contributed by atoms with E-state index in [1.165, 1.54) is 43.6 Å². The van der Waals surface area contributed by atoms with Crippen molar-refractivity contribution in [1.82, 2.24) is 19.1 Å². The highest BCUT2D eigenvalue weighted by Crippen LogP contribution is 2.38. The summed E-state index contributed by atoms with van der Waals surface area (Å²) < 4.78 is 4.70. The predicted molar refractivity (Wildman–Crippen MR) is 182 cm³/mol. The van der Waals surface area contributed by atoms with E-state index in [0.29, 0.717) is 0 Å². The van der Waals surface area contributed by atoms with Gasteiger partial charge in [-0.25, -0.2) is 4.98 Å². The average molecular weight is 563 g/mol. The molecule has 0 spiro atoms. The molecule has 0 fully saturated rings. The monoisotopic (exact) mass is 562 g/mol. The first-order valence-electron chi connectivity index (χ1n) is 14.8. The summed E-state index contributed by atoms with van der Waals surface area (Å²) in [6, 6.07) is 51.4. The van der Waals surface area contributed by atoms with Gasteiger partial charge >= 0.3 is 0 Å². The summed E-state index contributed by atoms with van der Waals surface area (Å²) in [6.45, 7) is 0. The first kappa shape index (κ1) is 24.6. The fourth-order valence-corrected chi connectivity index (χ4v) is 6.76. The maximum Gasteiger partial charge on any atom is 0.0913 e. The van der Waals surface area contributed by atoms with Crippen molar-refractivity contribution >= 4 is 43.6 Å². The van der Waals surface area contributed by atoms with Gasteiger partial charge in [-0.3, -0.25) is 4.98 Å². The summed E-state index contributed by atoms with van der Waals surface area (Å²) in [7, 11) is 0. The zero-order valence-electron chi connectivity index (χ0n) is 23.8. The van der Waals surface area contributed by atoms with Gasteiger partial charge in [0.2, 0.25) is 0 Å². The van der Waals surface area contributed by atoms with Crippen molar-refractivity contribution < 1.29 is 0 Å². The van der Waals surface area contributed by atoms with Crippen LogP contribution in [0.5, 0.6) is 0 Å². The van der Waals surface area contributed by atoms with Crippen molar-refractivity contribution in [3.8, 4) is 33.9 Å². The number of hydrogen-bond donors (Lipinski definition) is 0. The zero-order chi connectivity index (χ0) is 29.0. The molecule has 0 unspecified atom stereocenters. The fraction of sp³-hybridized carbons (Fsp3) is 0. The number of para-hydroxylation sites is 6. The minimum absolute atomic E-state index is 0.831. The summed E-state index contributed by atoms with van der Waals surface area (Å²) in [5.41, 5.74) is 10.5. The molecule has 44 heavy (non-hydrogen) atoms. The molecule has 0 bridgehead atoms. The van der Waals surface area contributed by atoms with Crippen molar-refractivity contribution in [1.29, 1.82) is 0 Å². The molecule has 0 saturated heterocycles. The Balaban J connectivity index is 1.26. The number of nitrogens with zero attached hydrogens (tertiary/aromatic N) is 4. The lowest BCUT2D eigenvalue weighted by Gasteiger charge is -2.15. The zero-order valence-corrected chi connectivity index (χ0v) is 23.8. The van der Waals surface area contributed by atoms with Crippen LogP contribution in [0.4, 0.5) is 0 Å². The molecular formula is C40H26N4. The van der Waals surface area contributed by atoms with Gasteiger partial charge < -0.3 is 9.13 Å². The molecule has 206 valence electrons. The van der Waals surface area contributed by atoms with Gasteiger partial charge in [0.15, 0.2) is 0 Å². The van der Waals surface area contributed by atoms with E-state index in [2.05, 4.69) is 155 Å². The van der Waals surface area contributed by atoms with E-state index in [1.807, 2.05) is 12.4 Å². The van der Waals surface area contributed by atoms with E-state index in [0.717, 1.165) is 33.9 Å². The maximum absolute atomic E-state index is 5.29. The molecule has 0 radical (unpaired) electrons. The molecule has 9 rings (SSSR count). The number of fused-ring (bicyclic) bond motifs is 6. The van der Waals surface area contributed by atoms with Gasteiger partial charge in [0.1, 0.15) is 0 Å². The van der Waals surface area contributed by atoms with Crippen LogP contribution in [0.25, 0.3) is 77.5 Å². The van der Waals surface area contributed by atoms with Gasteiger partial charge in [0.25, 0.3) is 0 Å². The molecule has 4 heteroatoms. The largest absolute Gasteiger partial charge is 0.309 e. The molecule has 0 aliphatic heterocycles. The van der Waals surface area contributed by atoms with E-state index >= 15 is 0 Å². The van der Waals surface area contributed by atoms with Gasteiger partial charge in [-0.2, -0.15) is 0 Å². The molecule has 0 saturated carbocycles. The smallest absolute Gasteiger partial charge is 0.0913 e. The van der Waals surface area contributed by atoms with Gasteiger partial charge in [-0.15, -0.1) is 0 Å². The highest BCUT2D eigenvalue weighted by Gasteiger charge is 2.18. The maximum atomic E-state index is 5.29. The van der Waals surface area contributed by atoms with Crippen LogP contribution in [0.15, 0.2) is 158 Å². The summed E-state index contributed by atoms with van der Waals surface area (Å²) in [4.78, 5) is 10.0. The second-order valence-electron chi connectivity index (χ2n) is 11.1. The quantitative estimate of drug-likeness (QED) is 0.214. The van der Waals surface area contributed by atoms with Crippen molar-refractivity contribution in [2.24, 2.45) is 0 Å². The van der Waals surface area contributed by atoms with Gasteiger partial charge in [0, 0.05) is 32.7 Å². The number of benzene rings is 6. The van der Waals surface area contributed by atoms with E-state index in [9.17, 15) is 0 Å². The van der Waals surface area contributed by atoms with Crippen LogP contribution >= 0.6 is 0 Å². The van der Waals surface area contributed by atoms with Crippen LogP contribution in [0.3, 0.4) is 0 Å². The summed E-state index contributed by atoms with van der Waals surface area (Å²) in [6.07, 6.45) is 3.75. The average Bonchev–Trinajstić information content (AvgIpc) is 3.61. The van der Waals surface area contributed by atoms with E-state index in [-0.39, 0.29) is 0 Å². The van der Waals surface area contributed by atoms with Crippen LogP contribution in [0.1, 0.15) is 0 Å². The predicted octanol–water partition coefficient (Wildman–Crippen LogP) is 10.0. The second kappa shape index (κ2) is 9.79. The molecule has 0 aliphatic carbocycles. The van der Waals surface area contributed by atoms with E-state index in [4.69, 9.17) is 9.97 Å². The first-order valence-corrected chi connectivity index (χ1v) is 14.8. The Hall–Kier alpha value is -6.00. The van der Waals surface area contributed by atoms with E-state index < -0.39 is 0 Å². The normalized spacial score (nSPS) is 11.6. The standard InChI is InChI=1S/C40H26N4/c1-7-19-35-27(13-1)28-14-2-8-20-36(28)43(35)39-23-11-5-17-31(39)33-25-41-26-34(42-33)32-18-6-12-24-40(32)44-37-21-9-3-15-29(37)30-16-4-10-22-38(30)44/h1-26H. The Morgan fingerprint density at radius 2 is 0.659 bits per heavy atom. The lowest BCUT2D eigenvalue weighted by atomic mass is 10.1. The topological polar surface area (TPSA) is 35.6 Å². The number of hydrogen-bond acceptors (Lipinski definition) is 2. The minimum Gasteiger partial charge on any atom is -0.309 e. The number of rotatable bonds is 4. The van der Waals surface area contributed by atoms with Crippen LogP contribution in [-0.4, -0.2) is 19.1 Å². The molecule has 0 atom stereocenters. The summed E-state index contributed by atoms with van der Waals surface area (Å²) in [5, 5.41) is 4.94. The van der Waals surface area contributed by atoms with Crippen molar-refractivity contribution in [2.45, 2.75) is 0 Å². The summed E-state index contributed by atoms with van der Waals surface area (Å²) >= 11 is 0. The Labute approximate surface area is 254 Å². The van der Waals surface area contributed by atoms with Crippen LogP contribution in [0, 0.1) is 0 Å². The number of aromatic nitrogens is 4. The molecule has 0 N–H and O–H groups in total. The van der Waals surface area contributed by atoms with Gasteiger partial charge in [-0.05, 0) is 36.4 Å². The molecule has 4 nitrogen and oxygen atoms in total. The van der Waals surface area contributed by atoms with Gasteiger partial charge in [0.05, 0.1) is 57.2 Å². The van der Waals surface area contributed by atoms with Gasteiger partial charge in [-0.1, -0.05) is 109 Å². The molecular weight excluding hydrogens is 536 g/mol. The molecule has 0 aliphatic rings. The molecule has 3 aromatic heterocycles. The molecule has 9 aromatic rings. The SMILES string of the molecule is c1ccc(-n2c3ccccc3c3ccccc32)c(-c2cncc(-c3ccccc3-n3c4ccccc4c4ccccc43)n2)c1. The Kier molecular flexibility index (Phi) is 5.47. The second-order valence-corrected chi connectivity index (χ2v) is 11.1. The highest BCUT2D eigenvalue weighted by atomic mass is 15.0. The minimum atomic E-state index is 0.831. The van der Waals surface area contributed by atoms with Crippen LogP contribution in [0.2, 0.25) is 0 Å². The molecule has 3 heterocycles. The van der Waals surface area contributed by atoms with E-state index in [1.54, 1.807) is 0 Å². The Morgan fingerprint density at radius 1 is 0.341 bits per heavy atom. The van der Waals surface area contributed by atoms with Crippen molar-refractivity contribution in [2.75, 3.05) is 0 Å². The Bertz CT molecular complexity index is 2240. The third-order valence-corrected chi connectivity index (χ3v) is 8.64. The lowest BCUT2D eigenvalue weighted by Crippen LogP contribution is -2.01. The van der Waals surface area contributed by atoms with Crippen LogP contribution in [-0.2, 0) is 0 Å². The van der Waals surface area contributed by atoms with Crippen LogP contribution < -0.4 is 0 Å². The third kappa shape index (κ3) is 3.64.